The minimum Gasteiger partial charge on any atom is -0.379 e. The number of rotatable bonds is 5. The van der Waals surface area contributed by atoms with Gasteiger partial charge in [-0.05, 0) is 63.3 Å². The number of hydrogen-bond acceptors (Lipinski definition) is 2. The maximum Gasteiger partial charge on any atom is 0.0518 e. The zero-order valence-corrected chi connectivity index (χ0v) is 9.46. The van der Waals surface area contributed by atoms with E-state index in [0.717, 1.165) is 25.0 Å². The second-order valence-corrected chi connectivity index (χ2v) is 5.54. The average molecular weight is 197 g/mol. The molecule has 2 unspecified atom stereocenters. The number of hydrogen-bond donors (Lipinski definition) is 1. The van der Waals surface area contributed by atoms with Crippen molar-refractivity contribution in [3.05, 3.63) is 0 Å². The van der Waals surface area contributed by atoms with Gasteiger partial charge in [-0.3, -0.25) is 0 Å². The third-order valence-corrected chi connectivity index (χ3v) is 3.98. The van der Waals surface area contributed by atoms with Crippen LogP contribution in [0.5, 0.6) is 0 Å². The van der Waals surface area contributed by atoms with Crippen molar-refractivity contribution < 1.29 is 4.74 Å². The second-order valence-electron chi connectivity index (χ2n) is 5.54. The molecule has 2 N–H and O–H groups in total. The normalized spacial score (nSPS) is 40.3. The third-order valence-electron chi connectivity index (χ3n) is 3.98. The Morgan fingerprint density at radius 2 is 2.00 bits per heavy atom. The predicted molar refractivity (Wildman–Crippen MR) is 58.0 cm³/mol. The van der Waals surface area contributed by atoms with Gasteiger partial charge in [0.05, 0.1) is 6.10 Å². The molecule has 0 aromatic rings. The second kappa shape index (κ2) is 3.82. The van der Waals surface area contributed by atoms with Crippen LogP contribution in [0.4, 0.5) is 0 Å². The molecule has 2 nitrogen and oxygen atoms in total. The zero-order valence-electron chi connectivity index (χ0n) is 9.46. The van der Waals surface area contributed by atoms with Crippen molar-refractivity contribution in [1.29, 1.82) is 0 Å². The molecule has 2 heteroatoms. The molecule has 82 valence electrons. The van der Waals surface area contributed by atoms with Gasteiger partial charge in [0.2, 0.25) is 0 Å². The smallest absolute Gasteiger partial charge is 0.0518 e. The third kappa shape index (κ3) is 2.12. The highest BCUT2D eigenvalue weighted by Crippen LogP contribution is 2.60. The Hall–Kier alpha value is -0.0800. The summed E-state index contributed by atoms with van der Waals surface area (Å²) in [7, 11) is 0. The highest BCUT2D eigenvalue weighted by Gasteiger charge is 2.52. The molecule has 2 rings (SSSR count). The summed E-state index contributed by atoms with van der Waals surface area (Å²) in [5, 5.41) is 0. The van der Waals surface area contributed by atoms with E-state index in [1.165, 1.54) is 25.7 Å². The van der Waals surface area contributed by atoms with Gasteiger partial charge in [0.25, 0.3) is 0 Å². The predicted octanol–water partition coefficient (Wildman–Crippen LogP) is 2.18. The molecule has 2 fully saturated rings. The van der Waals surface area contributed by atoms with Gasteiger partial charge in [-0.2, -0.15) is 0 Å². The van der Waals surface area contributed by atoms with E-state index >= 15 is 0 Å². The Labute approximate surface area is 87.2 Å². The van der Waals surface area contributed by atoms with Crippen LogP contribution in [-0.2, 0) is 4.74 Å². The van der Waals surface area contributed by atoms with E-state index in [-0.39, 0.29) is 0 Å². The fourth-order valence-corrected chi connectivity index (χ4v) is 2.99. The van der Waals surface area contributed by atoms with E-state index in [0.29, 0.717) is 11.5 Å². The summed E-state index contributed by atoms with van der Waals surface area (Å²) >= 11 is 0. The van der Waals surface area contributed by atoms with E-state index < -0.39 is 0 Å². The molecule has 0 bridgehead atoms. The van der Waals surface area contributed by atoms with Gasteiger partial charge in [0.15, 0.2) is 0 Å². The lowest BCUT2D eigenvalue weighted by Crippen LogP contribution is -2.30. The molecule has 0 amide bonds. The summed E-state index contributed by atoms with van der Waals surface area (Å²) in [5.74, 6) is 2.05. The van der Waals surface area contributed by atoms with Crippen LogP contribution in [-0.4, -0.2) is 19.3 Å². The maximum absolute atomic E-state index is 5.91. The number of nitrogens with two attached hydrogens (primary N) is 1. The molecular formula is C12H23NO. The topological polar surface area (TPSA) is 35.2 Å². The quantitative estimate of drug-likeness (QED) is 0.733. The molecule has 2 aliphatic rings. The largest absolute Gasteiger partial charge is 0.379 e. The monoisotopic (exact) mass is 197 g/mol. The van der Waals surface area contributed by atoms with Crippen LogP contribution in [0.3, 0.4) is 0 Å². The minimum atomic E-state index is 0.362. The lowest BCUT2D eigenvalue weighted by Gasteiger charge is -2.29. The lowest BCUT2D eigenvalue weighted by atomic mass is 9.80. The first-order valence-corrected chi connectivity index (χ1v) is 5.97. The molecular weight excluding hydrogens is 174 g/mol. The molecule has 0 aromatic heterocycles. The Balaban J connectivity index is 1.76. The lowest BCUT2D eigenvalue weighted by molar-refractivity contribution is 0.0505. The van der Waals surface area contributed by atoms with Gasteiger partial charge < -0.3 is 10.5 Å². The van der Waals surface area contributed by atoms with E-state index in [4.69, 9.17) is 10.5 Å². The highest BCUT2D eigenvalue weighted by molar-refractivity contribution is 5.03. The van der Waals surface area contributed by atoms with Crippen molar-refractivity contribution in [1.82, 2.24) is 0 Å². The molecule has 2 aliphatic carbocycles. The molecule has 2 atom stereocenters. The average Bonchev–Trinajstić information content (AvgIpc) is 2.74. The molecule has 0 heterocycles. The molecule has 0 aliphatic heterocycles. The van der Waals surface area contributed by atoms with E-state index in [1.807, 2.05) is 0 Å². The van der Waals surface area contributed by atoms with E-state index in [2.05, 4.69) is 13.8 Å². The fraction of sp³-hybridized carbons (Fsp3) is 1.00. The van der Waals surface area contributed by atoms with Crippen LogP contribution in [0.15, 0.2) is 0 Å². The van der Waals surface area contributed by atoms with Crippen molar-refractivity contribution in [2.45, 2.75) is 45.6 Å². The van der Waals surface area contributed by atoms with Crippen LogP contribution < -0.4 is 5.73 Å². The van der Waals surface area contributed by atoms with Crippen LogP contribution in [0.25, 0.3) is 0 Å². The molecule has 0 aromatic carbocycles. The molecule has 0 saturated heterocycles. The Morgan fingerprint density at radius 3 is 2.50 bits per heavy atom. The van der Waals surface area contributed by atoms with Gasteiger partial charge >= 0.3 is 0 Å². The Morgan fingerprint density at radius 1 is 1.36 bits per heavy atom. The van der Waals surface area contributed by atoms with Crippen LogP contribution >= 0.6 is 0 Å². The first-order chi connectivity index (χ1) is 6.65. The molecule has 0 radical (unpaired) electrons. The van der Waals surface area contributed by atoms with Crippen LogP contribution in [0, 0.1) is 17.3 Å². The highest BCUT2D eigenvalue weighted by atomic mass is 16.5. The van der Waals surface area contributed by atoms with Gasteiger partial charge in [0, 0.05) is 6.61 Å². The summed E-state index contributed by atoms with van der Waals surface area (Å²) in [4.78, 5) is 0. The first-order valence-electron chi connectivity index (χ1n) is 5.97. The molecule has 14 heavy (non-hydrogen) atoms. The van der Waals surface area contributed by atoms with Gasteiger partial charge in [0.1, 0.15) is 0 Å². The number of ether oxygens (including phenoxy) is 1. The van der Waals surface area contributed by atoms with Crippen LogP contribution in [0.2, 0.25) is 0 Å². The Bertz CT molecular complexity index is 192. The van der Waals surface area contributed by atoms with E-state index in [9.17, 15) is 0 Å². The van der Waals surface area contributed by atoms with Crippen molar-refractivity contribution in [3.63, 3.8) is 0 Å². The standard InChI is InChI=1S/C12H23NO/c1-9(2)14-4-3-12(8-13)6-10-5-11(10)7-12/h9-11H,3-8,13H2,1-2H3. The van der Waals surface area contributed by atoms with Gasteiger partial charge in [-0.1, -0.05) is 0 Å². The summed E-state index contributed by atoms with van der Waals surface area (Å²) in [6.45, 7) is 5.96. The summed E-state index contributed by atoms with van der Waals surface area (Å²) in [6.07, 6.45) is 5.76. The zero-order chi connectivity index (χ0) is 10.2. The van der Waals surface area contributed by atoms with Crippen molar-refractivity contribution >= 4 is 0 Å². The van der Waals surface area contributed by atoms with Crippen molar-refractivity contribution in [3.8, 4) is 0 Å². The van der Waals surface area contributed by atoms with Crippen LogP contribution in [0.1, 0.15) is 39.5 Å². The van der Waals surface area contributed by atoms with Crippen molar-refractivity contribution in [2.24, 2.45) is 23.0 Å². The molecule has 2 saturated carbocycles. The maximum atomic E-state index is 5.91. The fourth-order valence-electron chi connectivity index (χ4n) is 2.99. The summed E-state index contributed by atoms with van der Waals surface area (Å²) in [6, 6.07) is 0. The number of fused-ring (bicyclic) bond motifs is 1. The van der Waals surface area contributed by atoms with E-state index in [1.54, 1.807) is 0 Å². The van der Waals surface area contributed by atoms with Gasteiger partial charge in [-0.15, -0.1) is 0 Å². The van der Waals surface area contributed by atoms with Gasteiger partial charge in [-0.25, -0.2) is 0 Å². The summed E-state index contributed by atoms with van der Waals surface area (Å²) < 4.78 is 5.63. The first kappa shape index (κ1) is 10.4. The summed E-state index contributed by atoms with van der Waals surface area (Å²) in [5.41, 5.74) is 6.36. The minimum absolute atomic E-state index is 0.362. The molecule has 0 spiro atoms. The Kier molecular flexibility index (Phi) is 2.85. The SMILES string of the molecule is CC(C)OCCC1(CN)CC2CC2C1. The van der Waals surface area contributed by atoms with Crippen molar-refractivity contribution in [2.75, 3.05) is 13.2 Å².